The van der Waals surface area contributed by atoms with Crippen LogP contribution in [-0.4, -0.2) is 24.4 Å². The van der Waals surface area contributed by atoms with Crippen LogP contribution in [0.5, 0.6) is 0 Å². The topological polar surface area (TPSA) is 40.5 Å². The molecule has 0 saturated carbocycles. The molecule has 85 valence electrons. The standard InChI is InChI=1S/C11H16B2FO2/c1-11(2,3)12-7-8-4-5-10(14)9(6-8)13(15)16/h4-6,15-16H,7H2,1-3H3. The molecule has 0 aliphatic heterocycles. The zero-order valence-electron chi connectivity index (χ0n) is 9.87. The summed E-state index contributed by atoms with van der Waals surface area (Å²) in [5, 5.41) is 18.0. The summed E-state index contributed by atoms with van der Waals surface area (Å²) >= 11 is 0. The fourth-order valence-electron chi connectivity index (χ4n) is 1.34. The first kappa shape index (κ1) is 13.3. The van der Waals surface area contributed by atoms with Crippen molar-refractivity contribution in [3.8, 4) is 0 Å². The van der Waals surface area contributed by atoms with Crippen molar-refractivity contribution in [3.05, 3.63) is 29.6 Å². The summed E-state index contributed by atoms with van der Waals surface area (Å²) in [6.45, 7) is 6.25. The minimum atomic E-state index is -1.76. The van der Waals surface area contributed by atoms with Crippen LogP contribution in [0.3, 0.4) is 0 Å². The van der Waals surface area contributed by atoms with Crippen LogP contribution in [0.2, 0.25) is 5.31 Å². The van der Waals surface area contributed by atoms with Gasteiger partial charge in [0.05, 0.1) is 0 Å². The second-order valence-corrected chi connectivity index (χ2v) is 5.00. The molecule has 0 atom stereocenters. The van der Waals surface area contributed by atoms with Crippen LogP contribution in [0.25, 0.3) is 0 Å². The van der Waals surface area contributed by atoms with Crippen molar-refractivity contribution in [2.24, 2.45) is 0 Å². The third kappa shape index (κ3) is 3.99. The number of hydrogen-bond donors (Lipinski definition) is 2. The van der Waals surface area contributed by atoms with Gasteiger partial charge in [0.15, 0.2) is 0 Å². The quantitative estimate of drug-likeness (QED) is 0.745. The van der Waals surface area contributed by atoms with Crippen LogP contribution in [-0.2, 0) is 6.32 Å². The SMILES string of the molecule is CC(C)(C)[B]Cc1ccc(F)c(B(O)O)c1. The molecule has 2 nitrogen and oxygen atoms in total. The van der Waals surface area contributed by atoms with E-state index < -0.39 is 12.9 Å². The van der Waals surface area contributed by atoms with Gasteiger partial charge in [-0.15, -0.1) is 0 Å². The average molecular weight is 221 g/mol. The minimum absolute atomic E-state index is 0.0696. The van der Waals surface area contributed by atoms with Gasteiger partial charge in [-0.1, -0.05) is 50.1 Å². The molecule has 0 aromatic heterocycles. The summed E-state index contributed by atoms with van der Waals surface area (Å²) in [6, 6.07) is 4.41. The Morgan fingerprint density at radius 2 is 1.94 bits per heavy atom. The minimum Gasteiger partial charge on any atom is -0.423 e. The maximum absolute atomic E-state index is 13.2. The Bertz CT molecular complexity index is 361. The van der Waals surface area contributed by atoms with Gasteiger partial charge in [0, 0.05) is 5.46 Å². The molecule has 1 rings (SSSR count). The van der Waals surface area contributed by atoms with Crippen LogP contribution in [0.4, 0.5) is 4.39 Å². The van der Waals surface area contributed by atoms with Crippen LogP contribution in [0.15, 0.2) is 18.2 Å². The van der Waals surface area contributed by atoms with Crippen molar-refractivity contribution in [3.63, 3.8) is 0 Å². The third-order valence-electron chi connectivity index (χ3n) is 2.29. The molecule has 1 aromatic carbocycles. The second kappa shape index (κ2) is 5.02. The predicted molar refractivity (Wildman–Crippen MR) is 65.4 cm³/mol. The van der Waals surface area contributed by atoms with E-state index in [1.165, 1.54) is 12.1 Å². The highest BCUT2D eigenvalue weighted by atomic mass is 19.1. The Hall–Kier alpha value is -0.800. The first-order valence-electron chi connectivity index (χ1n) is 5.28. The van der Waals surface area contributed by atoms with Gasteiger partial charge in [-0.05, 0) is 6.07 Å². The molecule has 0 unspecified atom stereocenters. The lowest BCUT2D eigenvalue weighted by atomic mass is 9.52. The van der Waals surface area contributed by atoms with Gasteiger partial charge in [-0.2, -0.15) is 0 Å². The lowest BCUT2D eigenvalue weighted by molar-refractivity contribution is 0.423. The summed E-state index contributed by atoms with van der Waals surface area (Å²) in [5.74, 6) is -0.588. The molecule has 0 aliphatic rings. The van der Waals surface area contributed by atoms with E-state index in [0.717, 1.165) is 5.56 Å². The van der Waals surface area contributed by atoms with Crippen molar-refractivity contribution in [2.45, 2.75) is 32.4 Å². The van der Waals surface area contributed by atoms with Gasteiger partial charge < -0.3 is 10.0 Å². The van der Waals surface area contributed by atoms with Crippen molar-refractivity contribution in [1.82, 2.24) is 0 Å². The Labute approximate surface area is 96.9 Å². The molecule has 5 heteroatoms. The first-order valence-corrected chi connectivity index (χ1v) is 5.28. The zero-order valence-corrected chi connectivity index (χ0v) is 9.87. The highest BCUT2D eigenvalue weighted by Gasteiger charge is 2.18. The molecule has 16 heavy (non-hydrogen) atoms. The van der Waals surface area contributed by atoms with E-state index in [1.807, 2.05) is 0 Å². The number of rotatable bonds is 3. The molecule has 0 fully saturated rings. The fraction of sp³-hybridized carbons (Fsp3) is 0.455. The normalized spacial score (nSPS) is 11.4. The highest BCUT2D eigenvalue weighted by Crippen LogP contribution is 2.21. The fourth-order valence-corrected chi connectivity index (χ4v) is 1.34. The van der Waals surface area contributed by atoms with E-state index in [4.69, 9.17) is 10.0 Å². The summed E-state index contributed by atoms with van der Waals surface area (Å²) in [7, 11) is 0.350. The van der Waals surface area contributed by atoms with Gasteiger partial charge in [-0.3, -0.25) is 0 Å². The molecular weight excluding hydrogens is 205 g/mol. The van der Waals surface area contributed by atoms with E-state index in [2.05, 4.69) is 28.1 Å². The Morgan fingerprint density at radius 1 is 1.31 bits per heavy atom. The van der Waals surface area contributed by atoms with Gasteiger partial charge >= 0.3 is 7.12 Å². The lowest BCUT2D eigenvalue weighted by Gasteiger charge is -2.16. The van der Waals surface area contributed by atoms with E-state index in [0.29, 0.717) is 6.32 Å². The molecule has 0 bridgehead atoms. The smallest absolute Gasteiger partial charge is 0.423 e. The second-order valence-electron chi connectivity index (χ2n) is 5.00. The van der Waals surface area contributed by atoms with Gasteiger partial charge in [0.2, 0.25) is 0 Å². The molecule has 1 radical (unpaired) electrons. The molecule has 1 aromatic rings. The summed E-state index contributed by atoms with van der Waals surface area (Å²) in [5.41, 5.74) is 0.805. The maximum atomic E-state index is 13.2. The molecular formula is C11H16B2FO2. The van der Waals surface area contributed by atoms with Crippen LogP contribution < -0.4 is 5.46 Å². The van der Waals surface area contributed by atoms with E-state index in [1.54, 1.807) is 6.07 Å². The van der Waals surface area contributed by atoms with Crippen LogP contribution in [0.1, 0.15) is 26.3 Å². The Kier molecular flexibility index (Phi) is 4.16. The van der Waals surface area contributed by atoms with Gasteiger partial charge in [0.1, 0.15) is 13.1 Å². The monoisotopic (exact) mass is 221 g/mol. The van der Waals surface area contributed by atoms with E-state index in [9.17, 15) is 4.39 Å². The first-order chi connectivity index (χ1) is 7.29. The van der Waals surface area contributed by atoms with Crippen LogP contribution >= 0.6 is 0 Å². The lowest BCUT2D eigenvalue weighted by Crippen LogP contribution is -2.33. The Morgan fingerprint density at radius 3 is 2.44 bits per heavy atom. The summed E-state index contributed by atoms with van der Waals surface area (Å²) in [4.78, 5) is 0. The zero-order chi connectivity index (χ0) is 12.3. The maximum Gasteiger partial charge on any atom is 0.491 e. The summed E-state index contributed by atoms with van der Waals surface area (Å²) < 4.78 is 13.2. The van der Waals surface area contributed by atoms with Crippen molar-refractivity contribution in [1.29, 1.82) is 0 Å². The summed E-state index contributed by atoms with van der Waals surface area (Å²) in [6.07, 6.45) is 0.684. The molecule has 0 spiro atoms. The van der Waals surface area contributed by atoms with Crippen molar-refractivity contribution >= 4 is 19.9 Å². The van der Waals surface area contributed by atoms with Crippen molar-refractivity contribution < 1.29 is 14.4 Å². The molecule has 0 aliphatic carbocycles. The molecule has 2 N–H and O–H groups in total. The van der Waals surface area contributed by atoms with E-state index in [-0.39, 0.29) is 10.8 Å². The highest BCUT2D eigenvalue weighted by molar-refractivity contribution is 6.58. The molecule has 0 heterocycles. The largest absolute Gasteiger partial charge is 0.491 e. The number of hydrogen-bond acceptors (Lipinski definition) is 2. The van der Waals surface area contributed by atoms with Gasteiger partial charge in [-0.25, -0.2) is 4.39 Å². The molecule has 0 amide bonds. The number of halogens is 1. The Balaban J connectivity index is 2.79. The molecule has 0 saturated heterocycles. The third-order valence-corrected chi connectivity index (χ3v) is 2.29. The van der Waals surface area contributed by atoms with Gasteiger partial charge in [0.25, 0.3) is 0 Å². The van der Waals surface area contributed by atoms with E-state index >= 15 is 0 Å². The predicted octanol–water partition coefficient (Wildman–Crippen LogP) is 0.928. The number of benzene rings is 1. The average Bonchev–Trinajstić information content (AvgIpc) is 2.14. The van der Waals surface area contributed by atoms with Crippen molar-refractivity contribution in [2.75, 3.05) is 0 Å². The van der Waals surface area contributed by atoms with Crippen LogP contribution in [0, 0.1) is 5.82 Å².